The van der Waals surface area contributed by atoms with E-state index in [1.165, 1.54) is 19.9 Å². The molecule has 0 spiro atoms. The first-order chi connectivity index (χ1) is 10.4. The molecule has 2 rings (SSSR count). The molecule has 1 aromatic carbocycles. The van der Waals surface area contributed by atoms with Crippen LogP contribution in [0.3, 0.4) is 0 Å². The summed E-state index contributed by atoms with van der Waals surface area (Å²) in [5.74, 6) is -1.52. The Hall–Kier alpha value is -0.666. The number of aliphatic carboxylic acids is 1. The van der Waals surface area contributed by atoms with Crippen molar-refractivity contribution in [1.29, 1.82) is 0 Å². The number of benzene rings is 1. The first kappa shape index (κ1) is 21.4. The van der Waals surface area contributed by atoms with Crippen molar-refractivity contribution in [3.05, 3.63) is 28.3 Å². The van der Waals surface area contributed by atoms with Gasteiger partial charge in [0.2, 0.25) is 0 Å². The molecule has 0 amide bonds. The van der Waals surface area contributed by atoms with Gasteiger partial charge in [-0.3, -0.25) is 4.79 Å². The number of carboxylic acid groups (broad SMARTS) is 1. The smallest absolute Gasteiger partial charge is 0.481 e. The van der Waals surface area contributed by atoms with E-state index in [2.05, 4.69) is 4.18 Å². The van der Waals surface area contributed by atoms with Crippen molar-refractivity contribution in [2.45, 2.75) is 44.5 Å². The maximum Gasteiger partial charge on any atom is 0.534 e. The van der Waals surface area contributed by atoms with E-state index in [4.69, 9.17) is 5.11 Å². The summed E-state index contributed by atoms with van der Waals surface area (Å²) in [6.45, 7) is 2.92. The van der Waals surface area contributed by atoms with Gasteiger partial charge in [0.1, 0.15) is 5.75 Å². The van der Waals surface area contributed by atoms with Gasteiger partial charge in [-0.25, -0.2) is 0 Å². The standard InChI is InChI=1S/C14H15F3O5S.Y/c1-7-5-11-9(6-12(18)19)3-4-10(11)8(2)13(7)22-23(20,21)14(15,16)17;/h5,9H,3-4,6H2,1-2H3,(H,18,19);/t9-;/m1./s1. The number of rotatable bonds is 4. The molecule has 0 fully saturated rings. The van der Waals surface area contributed by atoms with Gasteiger partial charge in [0, 0.05) is 32.7 Å². The molecule has 10 heteroatoms. The minimum Gasteiger partial charge on any atom is -0.481 e. The van der Waals surface area contributed by atoms with Gasteiger partial charge < -0.3 is 9.29 Å². The maximum atomic E-state index is 12.5. The number of aryl methyl sites for hydroxylation is 1. The summed E-state index contributed by atoms with van der Waals surface area (Å²) in [5.41, 5.74) is -3.57. The van der Waals surface area contributed by atoms with Crippen molar-refractivity contribution in [3.63, 3.8) is 0 Å². The molecule has 1 aliphatic rings. The van der Waals surface area contributed by atoms with E-state index in [0.717, 1.165) is 5.56 Å². The van der Waals surface area contributed by atoms with Crippen molar-refractivity contribution < 1.29 is 68.4 Å². The van der Waals surface area contributed by atoms with E-state index in [0.29, 0.717) is 24.0 Å². The third kappa shape index (κ3) is 4.11. The third-order valence-electron chi connectivity index (χ3n) is 3.95. The van der Waals surface area contributed by atoms with Gasteiger partial charge in [0.25, 0.3) is 0 Å². The first-order valence-corrected chi connectivity index (χ1v) is 8.20. The zero-order valence-corrected chi connectivity index (χ0v) is 16.6. The molecule has 0 unspecified atom stereocenters. The van der Waals surface area contributed by atoms with Crippen molar-refractivity contribution >= 4 is 16.1 Å². The average molecular weight is 441 g/mol. The number of fused-ring (bicyclic) bond motifs is 1. The van der Waals surface area contributed by atoms with Crippen molar-refractivity contribution in [2.75, 3.05) is 0 Å². The molecule has 0 aromatic heterocycles. The number of carbonyl (C=O) groups is 1. The van der Waals surface area contributed by atoms with Crippen LogP contribution in [-0.2, 0) is 54.0 Å². The Bertz CT molecular complexity index is 759. The van der Waals surface area contributed by atoms with Crippen LogP contribution < -0.4 is 4.18 Å². The fraction of sp³-hybridized carbons (Fsp3) is 0.500. The van der Waals surface area contributed by atoms with Crippen LogP contribution in [0.25, 0.3) is 0 Å². The Morgan fingerprint density at radius 1 is 1.38 bits per heavy atom. The zero-order valence-electron chi connectivity index (χ0n) is 13.0. The molecular weight excluding hydrogens is 426 g/mol. The Balaban J connectivity index is 0.00000288. The molecule has 1 aliphatic carbocycles. The first-order valence-electron chi connectivity index (χ1n) is 6.79. The molecular formula is C14H15F3O5SY. The Morgan fingerprint density at radius 2 is 1.96 bits per heavy atom. The van der Waals surface area contributed by atoms with Crippen LogP contribution >= 0.6 is 0 Å². The minimum absolute atomic E-state index is 0. The molecule has 0 aliphatic heterocycles. The summed E-state index contributed by atoms with van der Waals surface area (Å²) in [4.78, 5) is 10.9. The molecule has 1 aromatic rings. The normalized spacial score (nSPS) is 17.1. The van der Waals surface area contributed by atoms with Gasteiger partial charge in [-0.1, -0.05) is 6.07 Å². The van der Waals surface area contributed by atoms with E-state index in [1.54, 1.807) is 0 Å². The average Bonchev–Trinajstić information content (AvgIpc) is 2.75. The van der Waals surface area contributed by atoms with E-state index < -0.39 is 21.6 Å². The Morgan fingerprint density at radius 3 is 2.46 bits per heavy atom. The number of hydrogen-bond donors (Lipinski definition) is 1. The fourth-order valence-corrected chi connectivity index (χ4v) is 3.48. The monoisotopic (exact) mass is 441 g/mol. The van der Waals surface area contributed by atoms with Gasteiger partial charge >= 0.3 is 21.6 Å². The summed E-state index contributed by atoms with van der Waals surface area (Å²) in [7, 11) is -5.74. The SMILES string of the molecule is Cc1cc2c(c(C)c1OS(=O)(=O)C(F)(F)F)CC[C@@H]2CC(=O)O.[Y]. The summed E-state index contributed by atoms with van der Waals surface area (Å²) in [6, 6.07) is 1.52. The van der Waals surface area contributed by atoms with Crippen LogP contribution in [-0.4, -0.2) is 25.0 Å². The van der Waals surface area contributed by atoms with Crippen LogP contribution in [0, 0.1) is 13.8 Å². The quantitative estimate of drug-likeness (QED) is 0.574. The number of halogens is 3. The van der Waals surface area contributed by atoms with Crippen LogP contribution in [0.4, 0.5) is 13.2 Å². The van der Waals surface area contributed by atoms with E-state index in [9.17, 15) is 26.4 Å². The minimum atomic E-state index is -5.74. The van der Waals surface area contributed by atoms with Crippen LogP contribution in [0.15, 0.2) is 6.07 Å². The van der Waals surface area contributed by atoms with Crippen LogP contribution in [0.5, 0.6) is 5.75 Å². The van der Waals surface area contributed by atoms with E-state index in [-0.39, 0.29) is 56.4 Å². The second-order valence-corrected chi connectivity index (χ2v) is 7.07. The predicted octanol–water partition coefficient (Wildman–Crippen LogP) is 3.03. The van der Waals surface area contributed by atoms with Gasteiger partial charge in [-0.15, -0.1) is 0 Å². The van der Waals surface area contributed by atoms with Gasteiger partial charge in [0.15, 0.2) is 0 Å². The summed E-state index contributed by atoms with van der Waals surface area (Å²) >= 11 is 0. The third-order valence-corrected chi connectivity index (χ3v) is 4.91. The van der Waals surface area contributed by atoms with E-state index in [1.807, 2.05) is 0 Å². The van der Waals surface area contributed by atoms with Gasteiger partial charge in [-0.05, 0) is 54.9 Å². The van der Waals surface area contributed by atoms with E-state index >= 15 is 0 Å². The topological polar surface area (TPSA) is 80.7 Å². The summed E-state index contributed by atoms with van der Waals surface area (Å²) in [6.07, 6.45) is 0.951. The Kier molecular flexibility index (Phi) is 6.50. The molecule has 5 nitrogen and oxygen atoms in total. The number of carboxylic acids is 1. The molecule has 1 N–H and O–H groups in total. The van der Waals surface area contributed by atoms with Crippen LogP contribution in [0.1, 0.15) is 41.0 Å². The van der Waals surface area contributed by atoms with Crippen LogP contribution in [0.2, 0.25) is 0 Å². The molecule has 131 valence electrons. The molecule has 24 heavy (non-hydrogen) atoms. The summed E-state index contributed by atoms with van der Waals surface area (Å²) in [5, 5.41) is 8.91. The molecule has 1 radical (unpaired) electrons. The molecule has 0 saturated heterocycles. The second-order valence-electron chi connectivity index (χ2n) is 5.53. The summed E-state index contributed by atoms with van der Waals surface area (Å²) < 4.78 is 64.2. The molecule has 0 heterocycles. The number of alkyl halides is 3. The van der Waals surface area contributed by atoms with Gasteiger partial charge in [-0.2, -0.15) is 21.6 Å². The number of hydrogen-bond acceptors (Lipinski definition) is 4. The second kappa shape index (κ2) is 7.29. The Labute approximate surface area is 162 Å². The molecule has 1 atom stereocenters. The maximum absolute atomic E-state index is 12.5. The molecule has 0 bridgehead atoms. The zero-order chi connectivity index (χ0) is 17.6. The van der Waals surface area contributed by atoms with Crippen molar-refractivity contribution in [1.82, 2.24) is 0 Å². The van der Waals surface area contributed by atoms with Gasteiger partial charge in [0.05, 0.1) is 6.42 Å². The van der Waals surface area contributed by atoms with Crippen molar-refractivity contribution in [3.8, 4) is 5.75 Å². The fourth-order valence-electron chi connectivity index (χ4n) is 2.91. The molecule has 0 saturated carbocycles. The predicted molar refractivity (Wildman–Crippen MR) is 74.8 cm³/mol. The van der Waals surface area contributed by atoms with Crippen molar-refractivity contribution in [2.24, 2.45) is 0 Å². The largest absolute Gasteiger partial charge is 0.534 e.